The highest BCUT2D eigenvalue weighted by Gasteiger charge is 2.63. The summed E-state index contributed by atoms with van der Waals surface area (Å²) in [6, 6.07) is 5.39. The van der Waals surface area contributed by atoms with Crippen molar-refractivity contribution in [3.05, 3.63) is 64.2 Å². The average Bonchev–Trinajstić information content (AvgIpc) is 2.90. The number of fused-ring (bicyclic) bond motifs is 3. The number of anilines is 2. The number of nitrogens with zero attached hydrogens (tertiary/aromatic N) is 2. The summed E-state index contributed by atoms with van der Waals surface area (Å²) >= 11 is 0. The SMILES string of the molecule is CCC1C(=O)C(C(N)=O)=C(O)[C@@]2(O)C(=O)C3=C(O)c4c(O)c(CNc5cccnc5)cc(N(C)C)c4C[C@H]3C[C@@H]12. The van der Waals surface area contributed by atoms with E-state index in [0.29, 0.717) is 16.8 Å². The van der Waals surface area contributed by atoms with Crippen LogP contribution < -0.4 is 16.0 Å². The number of ketones is 2. The summed E-state index contributed by atoms with van der Waals surface area (Å²) in [4.78, 5) is 45.0. The number of Topliss-reactive ketones (excluding diaryl/α,β-unsaturated/α-hetero) is 2. The van der Waals surface area contributed by atoms with E-state index in [1.807, 2.05) is 31.1 Å². The quantitative estimate of drug-likeness (QED) is 0.292. The maximum Gasteiger partial charge on any atom is 0.255 e. The standard InChI is InChI=1S/C29H32N4O7/c1-4-16-18-9-13-8-17-19(33(2)3)10-14(11-32-15-6-5-7-31-12-15)23(34)21(17)25(36)20(13)26(37)29(18,40)27(38)22(24(16)35)28(30)39/h5-7,10,12-13,16,18,32,34,36,38,40H,4,8-9,11H2,1-3H3,(H2,30,39)/t13-,16?,18-,29-/m0/s1. The predicted molar refractivity (Wildman–Crippen MR) is 146 cm³/mol. The van der Waals surface area contributed by atoms with E-state index in [2.05, 4.69) is 10.3 Å². The molecule has 11 nitrogen and oxygen atoms in total. The lowest BCUT2D eigenvalue weighted by atomic mass is 9.55. The number of benzene rings is 1. The summed E-state index contributed by atoms with van der Waals surface area (Å²) in [6.45, 7) is 1.88. The summed E-state index contributed by atoms with van der Waals surface area (Å²) < 4.78 is 0. The fourth-order valence-electron chi connectivity index (χ4n) is 6.56. The van der Waals surface area contributed by atoms with Gasteiger partial charge >= 0.3 is 0 Å². The van der Waals surface area contributed by atoms with Crippen molar-refractivity contribution in [3.63, 3.8) is 0 Å². The average molecular weight is 549 g/mol. The zero-order chi connectivity index (χ0) is 29.1. The van der Waals surface area contributed by atoms with Crippen LogP contribution in [0.25, 0.3) is 5.76 Å². The fourth-order valence-corrected chi connectivity index (χ4v) is 6.56. The number of aromatic hydroxyl groups is 1. The molecular formula is C29H32N4O7. The van der Waals surface area contributed by atoms with E-state index in [9.17, 15) is 34.8 Å². The highest BCUT2D eigenvalue weighted by Crippen LogP contribution is 2.55. The topological polar surface area (TPSA) is 186 Å². The number of phenolic OH excluding ortho intramolecular Hbond substituents is 1. The number of hydrogen-bond donors (Lipinski definition) is 6. The maximum atomic E-state index is 14.0. The van der Waals surface area contributed by atoms with Crippen molar-refractivity contribution < 1.29 is 34.8 Å². The van der Waals surface area contributed by atoms with Crippen LogP contribution in [0.3, 0.4) is 0 Å². The molecule has 5 rings (SSSR count). The van der Waals surface area contributed by atoms with Gasteiger partial charge in [-0.3, -0.25) is 19.4 Å². The molecule has 0 saturated heterocycles. The Kier molecular flexibility index (Phi) is 6.57. The Morgan fingerprint density at radius 1 is 1.25 bits per heavy atom. The molecule has 1 aromatic carbocycles. The minimum atomic E-state index is -2.62. The van der Waals surface area contributed by atoms with Crippen molar-refractivity contribution in [2.45, 2.75) is 38.3 Å². The number of aromatic nitrogens is 1. The molecule has 1 unspecified atom stereocenters. The zero-order valence-electron chi connectivity index (χ0n) is 22.4. The van der Waals surface area contributed by atoms with Crippen LogP contribution in [0, 0.1) is 17.8 Å². The third kappa shape index (κ3) is 3.83. The number of phenols is 1. The van der Waals surface area contributed by atoms with Crippen molar-refractivity contribution in [1.29, 1.82) is 0 Å². The van der Waals surface area contributed by atoms with E-state index in [1.165, 1.54) is 0 Å². The van der Waals surface area contributed by atoms with Crippen molar-refractivity contribution in [2.24, 2.45) is 23.5 Å². The number of rotatable bonds is 6. The first-order chi connectivity index (χ1) is 18.9. The second kappa shape index (κ2) is 9.67. The van der Waals surface area contributed by atoms with Gasteiger partial charge in [-0.15, -0.1) is 0 Å². The Morgan fingerprint density at radius 3 is 2.58 bits per heavy atom. The van der Waals surface area contributed by atoms with Crippen molar-refractivity contribution in [1.82, 2.24) is 4.98 Å². The van der Waals surface area contributed by atoms with E-state index in [-0.39, 0.29) is 42.7 Å². The fraction of sp³-hybridized carbons (Fsp3) is 0.379. The van der Waals surface area contributed by atoms with E-state index in [4.69, 9.17) is 5.73 Å². The molecule has 1 aromatic heterocycles. The monoisotopic (exact) mass is 548 g/mol. The van der Waals surface area contributed by atoms with Crippen LogP contribution in [0.1, 0.15) is 36.5 Å². The zero-order valence-corrected chi connectivity index (χ0v) is 22.4. The van der Waals surface area contributed by atoms with Crippen molar-refractivity contribution >= 4 is 34.6 Å². The molecule has 0 aliphatic heterocycles. The van der Waals surface area contributed by atoms with Crippen LogP contribution in [-0.4, -0.2) is 62.6 Å². The van der Waals surface area contributed by atoms with Crippen LogP contribution >= 0.6 is 0 Å². The van der Waals surface area contributed by atoms with E-state index < -0.39 is 57.9 Å². The van der Waals surface area contributed by atoms with Gasteiger partial charge in [0.2, 0.25) is 5.78 Å². The summed E-state index contributed by atoms with van der Waals surface area (Å²) in [5, 5.41) is 48.7. The third-order valence-corrected chi connectivity index (χ3v) is 8.46. The Labute approximate surface area is 230 Å². The highest BCUT2D eigenvalue weighted by atomic mass is 16.3. The van der Waals surface area contributed by atoms with Gasteiger partial charge in [0.05, 0.1) is 11.3 Å². The first-order valence-electron chi connectivity index (χ1n) is 13.1. The van der Waals surface area contributed by atoms with Gasteiger partial charge in [0.1, 0.15) is 22.8 Å². The van der Waals surface area contributed by atoms with Gasteiger partial charge in [0.15, 0.2) is 11.4 Å². The lowest BCUT2D eigenvalue weighted by molar-refractivity contribution is -0.153. The Hall–Kier alpha value is -4.38. The first kappa shape index (κ1) is 27.2. The maximum absolute atomic E-state index is 14.0. The normalized spacial score (nSPS) is 25.8. The lowest BCUT2D eigenvalue weighted by Gasteiger charge is -2.49. The molecule has 3 aliphatic carbocycles. The Balaban J connectivity index is 1.67. The van der Waals surface area contributed by atoms with Crippen molar-refractivity contribution in [3.8, 4) is 5.75 Å². The smallest absolute Gasteiger partial charge is 0.255 e. The van der Waals surface area contributed by atoms with Gasteiger partial charge in [-0.2, -0.15) is 0 Å². The van der Waals surface area contributed by atoms with Crippen molar-refractivity contribution in [2.75, 3.05) is 24.3 Å². The van der Waals surface area contributed by atoms with Crippen LogP contribution in [0.4, 0.5) is 11.4 Å². The van der Waals surface area contributed by atoms with Crippen LogP contribution in [0.15, 0.2) is 47.5 Å². The lowest BCUT2D eigenvalue weighted by Crippen LogP contribution is -2.61. The van der Waals surface area contributed by atoms with E-state index >= 15 is 0 Å². The molecule has 40 heavy (non-hydrogen) atoms. The second-order valence-electron chi connectivity index (χ2n) is 10.8. The van der Waals surface area contributed by atoms with Gasteiger partial charge in [-0.05, 0) is 48.9 Å². The number of nitrogens with one attached hydrogen (secondary N) is 1. The molecule has 7 N–H and O–H groups in total. The first-order valence-corrected chi connectivity index (χ1v) is 13.1. The molecule has 1 amide bonds. The summed E-state index contributed by atoms with van der Waals surface area (Å²) in [7, 11) is 3.65. The largest absolute Gasteiger partial charge is 0.508 e. The molecule has 11 heteroatoms. The summed E-state index contributed by atoms with van der Waals surface area (Å²) in [6.07, 6.45) is 3.79. The summed E-state index contributed by atoms with van der Waals surface area (Å²) in [5.41, 5.74) is 4.35. The molecule has 2 aromatic rings. The van der Waals surface area contributed by atoms with Crippen LogP contribution in [0.2, 0.25) is 0 Å². The Bertz CT molecular complexity index is 1500. The Morgan fingerprint density at radius 2 is 1.98 bits per heavy atom. The molecule has 1 saturated carbocycles. The highest BCUT2D eigenvalue weighted by molar-refractivity contribution is 6.23. The number of pyridine rings is 1. The van der Waals surface area contributed by atoms with E-state index in [0.717, 1.165) is 5.69 Å². The van der Waals surface area contributed by atoms with Gasteiger partial charge in [-0.25, -0.2) is 0 Å². The second-order valence-corrected chi connectivity index (χ2v) is 10.8. The van der Waals surface area contributed by atoms with Gasteiger partial charge in [0.25, 0.3) is 5.91 Å². The minimum absolute atomic E-state index is 0.0633. The predicted octanol–water partition coefficient (Wildman–Crippen LogP) is 2.13. The number of carbonyl (C=O) groups is 3. The molecular weight excluding hydrogens is 516 g/mol. The molecule has 0 radical (unpaired) electrons. The number of aliphatic hydroxyl groups excluding tert-OH is 2. The molecule has 1 fully saturated rings. The van der Waals surface area contributed by atoms with Gasteiger partial charge in [0, 0.05) is 61.7 Å². The number of hydrogen-bond acceptors (Lipinski definition) is 10. The number of carbonyl (C=O) groups excluding carboxylic acids is 3. The molecule has 3 aliphatic rings. The molecule has 4 atom stereocenters. The minimum Gasteiger partial charge on any atom is -0.508 e. The molecule has 1 heterocycles. The molecule has 0 spiro atoms. The number of aliphatic hydroxyl groups is 3. The van der Waals surface area contributed by atoms with E-state index in [1.54, 1.807) is 25.4 Å². The van der Waals surface area contributed by atoms with Gasteiger partial charge < -0.3 is 36.4 Å². The number of amides is 1. The third-order valence-electron chi connectivity index (χ3n) is 8.46. The van der Waals surface area contributed by atoms with Crippen LogP contribution in [0.5, 0.6) is 5.75 Å². The summed E-state index contributed by atoms with van der Waals surface area (Å²) in [5.74, 6) is -7.34. The number of primary amides is 1. The molecule has 210 valence electrons. The van der Waals surface area contributed by atoms with Crippen LogP contribution in [-0.2, 0) is 27.3 Å². The van der Waals surface area contributed by atoms with Gasteiger partial charge in [-0.1, -0.05) is 6.92 Å². The number of nitrogens with two attached hydrogens (primary N) is 1. The molecule has 0 bridgehead atoms.